The average molecular weight is 281 g/mol. The lowest BCUT2D eigenvalue weighted by molar-refractivity contribution is -0.174. The van der Waals surface area contributed by atoms with E-state index in [0.29, 0.717) is 19.4 Å². The van der Waals surface area contributed by atoms with Crippen LogP contribution in [0.2, 0.25) is 0 Å². The van der Waals surface area contributed by atoms with Gasteiger partial charge in [0.2, 0.25) is 0 Å². The van der Waals surface area contributed by atoms with Crippen molar-refractivity contribution in [3.63, 3.8) is 0 Å². The van der Waals surface area contributed by atoms with Crippen LogP contribution in [0.3, 0.4) is 0 Å². The van der Waals surface area contributed by atoms with Crippen LogP contribution in [-0.4, -0.2) is 49.2 Å². The van der Waals surface area contributed by atoms with Crippen LogP contribution < -0.4 is 0 Å². The lowest BCUT2D eigenvalue weighted by Crippen LogP contribution is -2.41. The Morgan fingerprint density at radius 2 is 2.11 bits per heavy atom. The monoisotopic (exact) mass is 281 g/mol. The molecule has 1 aliphatic rings. The minimum atomic E-state index is -4.25. The summed E-state index contributed by atoms with van der Waals surface area (Å²) in [5.74, 6) is 0.172. The van der Waals surface area contributed by atoms with Crippen molar-refractivity contribution in [2.24, 2.45) is 0 Å². The number of Topliss-reactive ketones (excluding diaryl/α,β-unsaturated/α-hetero) is 1. The van der Waals surface area contributed by atoms with Gasteiger partial charge in [-0.1, -0.05) is 6.42 Å². The van der Waals surface area contributed by atoms with Gasteiger partial charge in [-0.15, -0.1) is 0 Å². The Morgan fingerprint density at radius 1 is 1.37 bits per heavy atom. The number of nitrogens with zero attached hydrogens (tertiary/aromatic N) is 1. The number of halogens is 3. The molecule has 1 unspecified atom stereocenters. The number of likely N-dealkylation sites (tertiary alicyclic amines) is 1. The number of piperidine rings is 1. The van der Waals surface area contributed by atoms with Crippen LogP contribution >= 0.6 is 0 Å². The second-order valence-electron chi connectivity index (χ2n) is 5.11. The zero-order chi connectivity index (χ0) is 14.3. The van der Waals surface area contributed by atoms with Crippen molar-refractivity contribution in [3.8, 4) is 0 Å². The van der Waals surface area contributed by atoms with Crippen LogP contribution in [0.1, 0.15) is 39.0 Å². The van der Waals surface area contributed by atoms with Gasteiger partial charge in [0, 0.05) is 25.6 Å². The third kappa shape index (κ3) is 7.52. The second-order valence-corrected chi connectivity index (χ2v) is 5.11. The molecule has 0 aliphatic carbocycles. The van der Waals surface area contributed by atoms with Crippen molar-refractivity contribution < 1.29 is 22.7 Å². The smallest absolute Gasteiger partial charge is 0.372 e. The lowest BCUT2D eigenvalue weighted by Gasteiger charge is -2.35. The maximum Gasteiger partial charge on any atom is 0.411 e. The van der Waals surface area contributed by atoms with Gasteiger partial charge in [0.1, 0.15) is 12.4 Å². The van der Waals surface area contributed by atoms with E-state index in [2.05, 4.69) is 9.64 Å². The minimum absolute atomic E-state index is 0.114. The molecule has 0 spiro atoms. The molecule has 0 aromatic rings. The topological polar surface area (TPSA) is 29.5 Å². The number of hydrogen-bond acceptors (Lipinski definition) is 3. The highest BCUT2D eigenvalue weighted by atomic mass is 19.4. The van der Waals surface area contributed by atoms with Crippen molar-refractivity contribution in [2.75, 3.05) is 26.3 Å². The zero-order valence-electron chi connectivity index (χ0n) is 11.3. The third-order valence-corrected chi connectivity index (χ3v) is 3.27. The van der Waals surface area contributed by atoms with E-state index in [1.54, 1.807) is 6.92 Å². The predicted octanol–water partition coefficient (Wildman–Crippen LogP) is 2.79. The fraction of sp³-hybridized carbons (Fsp3) is 0.923. The molecule has 0 bridgehead atoms. The van der Waals surface area contributed by atoms with Crippen LogP contribution in [-0.2, 0) is 9.53 Å². The maximum atomic E-state index is 11.9. The molecule has 1 fully saturated rings. The highest BCUT2D eigenvalue weighted by Gasteiger charge is 2.27. The summed E-state index contributed by atoms with van der Waals surface area (Å²) in [5, 5.41) is 0. The molecule has 0 amide bonds. The SMILES string of the molecule is CC(=O)CC1CCCCN1CCCOCC(F)(F)F. The van der Waals surface area contributed by atoms with E-state index >= 15 is 0 Å². The molecule has 1 atom stereocenters. The molecule has 1 aliphatic heterocycles. The molecular weight excluding hydrogens is 259 g/mol. The van der Waals surface area contributed by atoms with Crippen molar-refractivity contribution in [1.82, 2.24) is 4.90 Å². The molecule has 3 nitrogen and oxygen atoms in total. The van der Waals surface area contributed by atoms with Gasteiger partial charge in [0.05, 0.1) is 0 Å². The summed E-state index contributed by atoms with van der Waals surface area (Å²) in [4.78, 5) is 13.4. The van der Waals surface area contributed by atoms with Gasteiger partial charge >= 0.3 is 6.18 Å². The Kier molecular flexibility index (Phi) is 6.79. The summed E-state index contributed by atoms with van der Waals surface area (Å²) in [7, 11) is 0. The van der Waals surface area contributed by atoms with E-state index in [9.17, 15) is 18.0 Å². The Labute approximate surface area is 112 Å². The van der Waals surface area contributed by atoms with E-state index in [-0.39, 0.29) is 18.4 Å². The number of carbonyl (C=O) groups excluding carboxylic acids is 1. The van der Waals surface area contributed by atoms with E-state index in [4.69, 9.17) is 0 Å². The summed E-state index contributed by atoms with van der Waals surface area (Å²) < 4.78 is 40.2. The Hall–Kier alpha value is -0.620. The summed E-state index contributed by atoms with van der Waals surface area (Å²) in [6, 6.07) is 0.258. The molecule has 1 heterocycles. The molecular formula is C13H22F3NO2. The first kappa shape index (κ1) is 16.4. The number of alkyl halides is 3. The average Bonchev–Trinajstić information content (AvgIpc) is 2.28. The van der Waals surface area contributed by atoms with E-state index in [1.165, 1.54) is 0 Å². The first-order chi connectivity index (χ1) is 8.88. The van der Waals surface area contributed by atoms with Gasteiger partial charge in [-0.2, -0.15) is 13.2 Å². The number of ether oxygens (including phenoxy) is 1. The van der Waals surface area contributed by atoms with E-state index < -0.39 is 12.8 Å². The molecule has 1 rings (SSSR count). The first-order valence-electron chi connectivity index (χ1n) is 6.76. The van der Waals surface area contributed by atoms with Gasteiger partial charge in [-0.3, -0.25) is 9.69 Å². The Balaban J connectivity index is 2.20. The molecule has 0 saturated carbocycles. The number of carbonyl (C=O) groups is 1. The van der Waals surface area contributed by atoms with Gasteiger partial charge in [0.15, 0.2) is 0 Å². The molecule has 6 heteroatoms. The lowest BCUT2D eigenvalue weighted by atomic mass is 9.97. The van der Waals surface area contributed by atoms with E-state index in [0.717, 1.165) is 25.8 Å². The Morgan fingerprint density at radius 3 is 2.74 bits per heavy atom. The molecule has 0 aromatic carbocycles. The zero-order valence-corrected chi connectivity index (χ0v) is 11.3. The van der Waals surface area contributed by atoms with Crippen molar-refractivity contribution in [3.05, 3.63) is 0 Å². The van der Waals surface area contributed by atoms with Crippen molar-refractivity contribution in [1.29, 1.82) is 0 Å². The fourth-order valence-electron chi connectivity index (χ4n) is 2.47. The molecule has 0 radical (unpaired) electrons. The van der Waals surface area contributed by atoms with Crippen LogP contribution in [0.4, 0.5) is 13.2 Å². The maximum absolute atomic E-state index is 11.9. The molecule has 19 heavy (non-hydrogen) atoms. The molecule has 112 valence electrons. The van der Waals surface area contributed by atoms with Gasteiger partial charge < -0.3 is 4.74 Å². The Bertz CT molecular complexity index is 282. The highest BCUT2D eigenvalue weighted by molar-refractivity contribution is 5.76. The fourth-order valence-corrected chi connectivity index (χ4v) is 2.47. The van der Waals surface area contributed by atoms with Crippen molar-refractivity contribution >= 4 is 5.78 Å². The van der Waals surface area contributed by atoms with E-state index in [1.807, 2.05) is 0 Å². The molecule has 0 aromatic heterocycles. The van der Waals surface area contributed by atoms with Crippen LogP contribution in [0.15, 0.2) is 0 Å². The number of rotatable bonds is 7. The standard InChI is InChI=1S/C13H22F3NO2/c1-11(18)9-12-5-2-3-6-17(12)7-4-8-19-10-13(14,15)16/h12H,2-10H2,1H3. The largest absolute Gasteiger partial charge is 0.411 e. The van der Waals surface area contributed by atoms with Gasteiger partial charge in [0.25, 0.3) is 0 Å². The van der Waals surface area contributed by atoms with Crippen LogP contribution in [0, 0.1) is 0 Å². The van der Waals surface area contributed by atoms with Crippen LogP contribution in [0.25, 0.3) is 0 Å². The van der Waals surface area contributed by atoms with Crippen molar-refractivity contribution in [2.45, 2.75) is 51.2 Å². The highest BCUT2D eigenvalue weighted by Crippen LogP contribution is 2.20. The minimum Gasteiger partial charge on any atom is -0.372 e. The summed E-state index contributed by atoms with van der Waals surface area (Å²) in [5.41, 5.74) is 0. The second kappa shape index (κ2) is 7.85. The van der Waals surface area contributed by atoms with Gasteiger partial charge in [-0.05, 0) is 32.7 Å². The molecule has 0 N–H and O–H groups in total. The first-order valence-corrected chi connectivity index (χ1v) is 6.76. The predicted molar refractivity (Wildman–Crippen MR) is 66.0 cm³/mol. The van der Waals surface area contributed by atoms with Gasteiger partial charge in [-0.25, -0.2) is 0 Å². The third-order valence-electron chi connectivity index (χ3n) is 3.27. The summed E-state index contributed by atoms with van der Waals surface area (Å²) >= 11 is 0. The summed E-state index contributed by atoms with van der Waals surface area (Å²) in [6.45, 7) is 2.15. The normalized spacial score (nSPS) is 21.6. The summed E-state index contributed by atoms with van der Waals surface area (Å²) in [6.07, 6.45) is 0.0933. The quantitative estimate of drug-likeness (QED) is 0.672. The number of hydrogen-bond donors (Lipinski definition) is 0. The number of ketones is 1. The van der Waals surface area contributed by atoms with Crippen LogP contribution in [0.5, 0.6) is 0 Å². The molecule has 1 saturated heterocycles.